The third kappa shape index (κ3) is 5.42. The van der Waals surface area contributed by atoms with E-state index in [0.29, 0.717) is 11.1 Å². The molecule has 0 aliphatic carbocycles. The number of rotatable bonds is 4. The average Bonchev–Trinajstić information content (AvgIpc) is 3.43. The van der Waals surface area contributed by atoms with Crippen molar-refractivity contribution in [2.45, 2.75) is 50.5 Å². The van der Waals surface area contributed by atoms with Crippen molar-refractivity contribution in [3.05, 3.63) is 77.3 Å². The van der Waals surface area contributed by atoms with E-state index < -0.39 is 52.8 Å². The predicted octanol–water partition coefficient (Wildman–Crippen LogP) is -2.22. The van der Waals surface area contributed by atoms with Gasteiger partial charge in [0, 0.05) is 29.9 Å². The summed E-state index contributed by atoms with van der Waals surface area (Å²) in [5, 5.41) is 27.7. The Morgan fingerprint density at radius 2 is 1.66 bits per heavy atom. The summed E-state index contributed by atoms with van der Waals surface area (Å²) in [6.07, 6.45) is 8.43. The van der Waals surface area contributed by atoms with Crippen molar-refractivity contribution >= 4 is 0 Å². The fraction of sp³-hybridized carbons (Fsp3) is 0.455. The van der Waals surface area contributed by atoms with Crippen LogP contribution < -0.4 is 22.5 Å². The van der Waals surface area contributed by atoms with Crippen molar-refractivity contribution in [2.75, 3.05) is 13.2 Å². The highest BCUT2D eigenvalue weighted by Gasteiger charge is 2.35. The van der Waals surface area contributed by atoms with Crippen LogP contribution in [0.15, 0.2) is 43.7 Å². The Bertz CT molecular complexity index is 1380. The predicted molar refractivity (Wildman–Crippen MR) is 122 cm³/mol. The van der Waals surface area contributed by atoms with E-state index in [0.717, 1.165) is 0 Å². The van der Waals surface area contributed by atoms with Gasteiger partial charge in [-0.1, -0.05) is 5.92 Å². The first-order chi connectivity index (χ1) is 16.5. The molecule has 2 aromatic rings. The van der Waals surface area contributed by atoms with Crippen LogP contribution in [0.25, 0.3) is 0 Å². The molecule has 1 fully saturated rings. The van der Waals surface area contributed by atoms with E-state index in [1.165, 1.54) is 27.6 Å². The molecule has 2 aromatic heterocycles. The van der Waals surface area contributed by atoms with Crippen molar-refractivity contribution < 1.29 is 24.8 Å². The van der Waals surface area contributed by atoms with E-state index in [1.807, 2.05) is 0 Å². The van der Waals surface area contributed by atoms with Gasteiger partial charge in [-0.25, -0.2) is 9.59 Å². The lowest BCUT2D eigenvalue weighted by molar-refractivity contribution is -0.0503. The molecule has 0 aromatic carbocycles. The molecule has 4 heterocycles. The Morgan fingerprint density at radius 1 is 1.09 bits per heavy atom. The van der Waals surface area contributed by atoms with Gasteiger partial charge in [0.25, 0.3) is 11.1 Å². The summed E-state index contributed by atoms with van der Waals surface area (Å²) in [7, 11) is 0. The van der Waals surface area contributed by atoms with Gasteiger partial charge in [0.05, 0.1) is 19.3 Å². The molecule has 2 aliphatic heterocycles. The number of aliphatic hydroxyl groups excluding tert-OH is 3. The second kappa shape index (κ2) is 10.4. The van der Waals surface area contributed by atoms with Crippen LogP contribution in [-0.2, 0) is 9.47 Å². The normalized spacial score (nSPS) is 27.3. The molecule has 0 bridgehead atoms. The SMILES string of the molecule is C#C[C@@]1(CO)C=C[C@H](n2cc(C)c(=O)[nH]c2=O)O1.Cc1cn([C@H]2C[C@H](O)[C@@H](CO)O2)c(=O)[nH]c1=O. The van der Waals surface area contributed by atoms with Crippen molar-refractivity contribution in [3.63, 3.8) is 0 Å². The number of terminal acetylenes is 1. The lowest BCUT2D eigenvalue weighted by atomic mass is 10.1. The largest absolute Gasteiger partial charge is 0.394 e. The van der Waals surface area contributed by atoms with Crippen molar-refractivity contribution in [1.29, 1.82) is 0 Å². The highest BCUT2D eigenvalue weighted by molar-refractivity contribution is 5.25. The molecule has 0 unspecified atom stereocenters. The summed E-state index contributed by atoms with van der Waals surface area (Å²) in [4.78, 5) is 50.0. The van der Waals surface area contributed by atoms with Crippen LogP contribution in [0.3, 0.4) is 0 Å². The van der Waals surface area contributed by atoms with Gasteiger partial charge in [-0.2, -0.15) is 0 Å². The molecule has 0 saturated carbocycles. The van der Waals surface area contributed by atoms with Gasteiger partial charge in [-0.15, -0.1) is 6.42 Å². The Labute approximate surface area is 197 Å². The van der Waals surface area contributed by atoms with Crippen LogP contribution in [0, 0.1) is 26.2 Å². The number of aromatic nitrogens is 4. The first-order valence-electron chi connectivity index (χ1n) is 10.6. The van der Waals surface area contributed by atoms with Gasteiger partial charge >= 0.3 is 11.4 Å². The molecule has 1 saturated heterocycles. The van der Waals surface area contributed by atoms with Crippen LogP contribution >= 0.6 is 0 Å². The second-order valence-corrected chi connectivity index (χ2v) is 8.13. The van der Waals surface area contributed by atoms with Crippen molar-refractivity contribution in [3.8, 4) is 12.3 Å². The number of ether oxygens (including phenoxy) is 2. The van der Waals surface area contributed by atoms with Gasteiger partial charge in [-0.3, -0.25) is 28.7 Å². The summed E-state index contributed by atoms with van der Waals surface area (Å²) in [6.45, 7) is 2.46. The second-order valence-electron chi connectivity index (χ2n) is 8.13. The van der Waals surface area contributed by atoms with Gasteiger partial charge in [0.1, 0.15) is 12.3 Å². The molecule has 188 valence electrons. The molecule has 0 spiro atoms. The zero-order valence-electron chi connectivity index (χ0n) is 19.0. The Morgan fingerprint density at radius 3 is 2.14 bits per heavy atom. The highest BCUT2D eigenvalue weighted by Crippen LogP contribution is 2.28. The number of hydrogen-bond donors (Lipinski definition) is 5. The van der Waals surface area contributed by atoms with E-state index in [2.05, 4.69) is 15.9 Å². The molecule has 13 nitrogen and oxygen atoms in total. The van der Waals surface area contributed by atoms with Gasteiger partial charge in [0.15, 0.2) is 11.8 Å². The minimum absolute atomic E-state index is 0.205. The van der Waals surface area contributed by atoms with Crippen molar-refractivity contribution in [1.82, 2.24) is 19.1 Å². The van der Waals surface area contributed by atoms with Crippen LogP contribution in [-0.4, -0.2) is 65.4 Å². The smallest absolute Gasteiger partial charge is 0.330 e. The number of aromatic amines is 2. The summed E-state index contributed by atoms with van der Waals surface area (Å²) in [5.74, 6) is 2.33. The molecular weight excluding hydrogens is 464 g/mol. The molecule has 0 radical (unpaired) electrons. The summed E-state index contributed by atoms with van der Waals surface area (Å²) >= 11 is 0. The maximum atomic E-state index is 11.6. The number of nitrogens with zero attached hydrogens (tertiary/aromatic N) is 2. The van der Waals surface area contributed by atoms with E-state index in [9.17, 15) is 29.4 Å². The van der Waals surface area contributed by atoms with Gasteiger partial charge in [-0.05, 0) is 26.0 Å². The van der Waals surface area contributed by atoms with E-state index in [1.54, 1.807) is 19.9 Å². The molecule has 5 atom stereocenters. The molecule has 0 amide bonds. The molecule has 2 aliphatic rings. The number of hydrogen-bond acceptors (Lipinski definition) is 9. The average molecular weight is 490 g/mol. The maximum Gasteiger partial charge on any atom is 0.330 e. The fourth-order valence-corrected chi connectivity index (χ4v) is 3.52. The maximum absolute atomic E-state index is 11.6. The van der Waals surface area contributed by atoms with E-state index in [4.69, 9.17) is 21.0 Å². The molecule has 35 heavy (non-hydrogen) atoms. The molecular formula is C22H26N4O9. The summed E-state index contributed by atoms with van der Waals surface area (Å²) < 4.78 is 13.2. The van der Waals surface area contributed by atoms with Crippen LogP contribution in [0.4, 0.5) is 0 Å². The molecule has 13 heteroatoms. The summed E-state index contributed by atoms with van der Waals surface area (Å²) in [6, 6.07) is 0. The van der Waals surface area contributed by atoms with Gasteiger partial charge < -0.3 is 24.8 Å². The van der Waals surface area contributed by atoms with Crippen LogP contribution in [0.5, 0.6) is 0 Å². The number of H-pyrrole nitrogens is 2. The quantitative estimate of drug-likeness (QED) is 0.233. The number of aryl methyl sites for hydroxylation is 2. The standard InChI is InChI=1S/C12H12N2O4.C10H14N2O5/c1-3-12(7-15)5-4-9(18-12)14-6-8(2)10(16)13-11(14)17;1-5-3-12(10(16)11-9(5)15)8-2-6(14)7(4-13)17-8/h1,4-6,9,15H,7H2,2H3,(H,13,16,17);3,6-8,13-14H,2,4H2,1H3,(H,11,15,16)/t9-,12+;6-,7+,8+/m10/s1. The highest BCUT2D eigenvalue weighted by atomic mass is 16.5. The first-order valence-corrected chi connectivity index (χ1v) is 10.6. The fourth-order valence-electron chi connectivity index (χ4n) is 3.52. The minimum atomic E-state index is -1.21. The van der Waals surface area contributed by atoms with Crippen molar-refractivity contribution in [2.24, 2.45) is 0 Å². The first kappa shape index (κ1) is 26.1. The Hall–Kier alpha value is -3.54. The third-order valence-electron chi connectivity index (χ3n) is 5.60. The lowest BCUT2D eigenvalue weighted by Crippen LogP contribution is -2.36. The topological polar surface area (TPSA) is 189 Å². The van der Waals surface area contributed by atoms with Gasteiger partial charge in [0.2, 0.25) is 0 Å². The number of nitrogens with one attached hydrogen (secondary N) is 2. The third-order valence-corrected chi connectivity index (χ3v) is 5.60. The van der Waals surface area contributed by atoms with E-state index >= 15 is 0 Å². The Kier molecular flexibility index (Phi) is 7.73. The zero-order chi connectivity index (χ0) is 25.9. The van der Waals surface area contributed by atoms with Crippen LogP contribution in [0.2, 0.25) is 0 Å². The molecule has 5 N–H and O–H groups in total. The summed E-state index contributed by atoms with van der Waals surface area (Å²) in [5.41, 5.74) is -2.51. The number of aliphatic hydroxyl groups is 3. The zero-order valence-corrected chi connectivity index (χ0v) is 19.0. The van der Waals surface area contributed by atoms with Crippen LogP contribution in [0.1, 0.15) is 30.0 Å². The monoisotopic (exact) mass is 490 g/mol. The molecule has 4 rings (SSSR count). The van der Waals surface area contributed by atoms with E-state index in [-0.39, 0.29) is 19.6 Å². The Balaban J connectivity index is 0.000000196. The minimum Gasteiger partial charge on any atom is -0.394 e. The lowest BCUT2D eigenvalue weighted by Gasteiger charge is -2.21.